The van der Waals surface area contributed by atoms with Gasteiger partial charge in [0.25, 0.3) is 0 Å². The Morgan fingerprint density at radius 2 is 2.08 bits per heavy atom. The van der Waals surface area contributed by atoms with Crippen LogP contribution in [0.2, 0.25) is 0 Å². The van der Waals surface area contributed by atoms with Gasteiger partial charge in [-0.05, 0) is 62.3 Å². The molecular weight excluding hydrogens is 326 g/mol. The molecule has 0 saturated carbocycles. The van der Waals surface area contributed by atoms with Crippen molar-refractivity contribution in [2.24, 2.45) is 11.7 Å². The fourth-order valence-electron chi connectivity index (χ4n) is 3.48. The van der Waals surface area contributed by atoms with Crippen molar-refractivity contribution in [3.8, 4) is 0 Å². The number of nitrogens with one attached hydrogen (secondary N) is 1. The number of nitrogens with zero attached hydrogens (tertiary/aromatic N) is 1. The molecule has 0 aliphatic carbocycles. The summed E-state index contributed by atoms with van der Waals surface area (Å²) in [7, 11) is -3.52. The molecule has 1 aromatic carbocycles. The van der Waals surface area contributed by atoms with E-state index in [1.165, 1.54) is 0 Å². The number of carbonyl (C=O) groups excluding carboxylic acids is 1. The van der Waals surface area contributed by atoms with Gasteiger partial charge in [0.05, 0.1) is 4.90 Å². The summed E-state index contributed by atoms with van der Waals surface area (Å²) in [6, 6.07) is 5.00. The second-order valence-electron chi connectivity index (χ2n) is 6.85. The van der Waals surface area contributed by atoms with Crippen LogP contribution >= 0.6 is 0 Å². The summed E-state index contributed by atoms with van der Waals surface area (Å²) >= 11 is 0. The smallest absolute Gasteiger partial charge is 0.243 e. The first-order valence-electron chi connectivity index (χ1n) is 8.56. The number of anilines is 1. The van der Waals surface area contributed by atoms with Crippen LogP contribution in [0.25, 0.3) is 0 Å². The van der Waals surface area contributed by atoms with Gasteiger partial charge in [-0.3, -0.25) is 4.79 Å². The van der Waals surface area contributed by atoms with E-state index < -0.39 is 10.0 Å². The molecule has 7 heteroatoms. The number of carbonyl (C=O) groups is 1. The van der Waals surface area contributed by atoms with Gasteiger partial charge < -0.3 is 11.1 Å². The summed E-state index contributed by atoms with van der Waals surface area (Å²) in [6.07, 6.45) is 3.73. The highest BCUT2D eigenvalue weighted by atomic mass is 32.2. The topological polar surface area (TPSA) is 92.5 Å². The molecule has 2 heterocycles. The van der Waals surface area contributed by atoms with Crippen LogP contribution < -0.4 is 11.1 Å². The van der Waals surface area contributed by atoms with Crippen LogP contribution in [0.15, 0.2) is 23.1 Å². The Bertz CT molecular complexity index is 731. The molecule has 3 rings (SSSR count). The molecule has 2 atom stereocenters. The Balaban J connectivity index is 1.87. The molecule has 2 unspecified atom stereocenters. The molecule has 24 heavy (non-hydrogen) atoms. The van der Waals surface area contributed by atoms with Crippen molar-refractivity contribution in [1.29, 1.82) is 0 Å². The number of sulfonamides is 1. The Labute approximate surface area is 143 Å². The molecule has 2 aliphatic heterocycles. The van der Waals surface area contributed by atoms with E-state index in [-0.39, 0.29) is 17.9 Å². The molecule has 2 aliphatic rings. The van der Waals surface area contributed by atoms with Gasteiger partial charge in [0, 0.05) is 31.2 Å². The SMILES string of the molecule is CC(N)C1CCCN(S(=O)(=O)c2ccc3c(c2)CCCC(=O)N3)C1. The van der Waals surface area contributed by atoms with Crippen LogP contribution in [0, 0.1) is 5.92 Å². The summed E-state index contributed by atoms with van der Waals surface area (Å²) in [4.78, 5) is 11.9. The van der Waals surface area contributed by atoms with E-state index in [4.69, 9.17) is 5.73 Å². The van der Waals surface area contributed by atoms with Crippen molar-refractivity contribution in [3.05, 3.63) is 23.8 Å². The van der Waals surface area contributed by atoms with E-state index in [0.29, 0.717) is 30.8 Å². The molecule has 0 spiro atoms. The molecule has 6 nitrogen and oxygen atoms in total. The predicted octanol–water partition coefficient (Wildman–Crippen LogP) is 1.71. The Morgan fingerprint density at radius 1 is 1.29 bits per heavy atom. The quantitative estimate of drug-likeness (QED) is 0.867. The molecule has 3 N–H and O–H groups in total. The maximum absolute atomic E-state index is 13.0. The Hall–Kier alpha value is -1.44. The molecule has 1 fully saturated rings. The van der Waals surface area contributed by atoms with E-state index in [9.17, 15) is 13.2 Å². The highest BCUT2D eigenvalue weighted by molar-refractivity contribution is 7.89. The number of nitrogens with two attached hydrogens (primary N) is 1. The molecule has 1 aromatic rings. The molecule has 0 aromatic heterocycles. The van der Waals surface area contributed by atoms with Crippen LogP contribution in [0.5, 0.6) is 0 Å². The van der Waals surface area contributed by atoms with Gasteiger partial charge in [0.15, 0.2) is 0 Å². The van der Waals surface area contributed by atoms with Gasteiger partial charge in [0.2, 0.25) is 15.9 Å². The van der Waals surface area contributed by atoms with Crippen LogP contribution in [-0.4, -0.2) is 37.8 Å². The lowest BCUT2D eigenvalue weighted by molar-refractivity contribution is -0.116. The molecule has 132 valence electrons. The van der Waals surface area contributed by atoms with Crippen LogP contribution in [0.4, 0.5) is 5.69 Å². The number of piperidine rings is 1. The molecular formula is C17H25N3O3S. The maximum atomic E-state index is 13.0. The lowest BCUT2D eigenvalue weighted by atomic mass is 9.93. The monoisotopic (exact) mass is 351 g/mol. The maximum Gasteiger partial charge on any atom is 0.243 e. The largest absolute Gasteiger partial charge is 0.328 e. The van der Waals surface area contributed by atoms with E-state index in [1.807, 2.05) is 6.92 Å². The first kappa shape index (κ1) is 17.4. The predicted molar refractivity (Wildman–Crippen MR) is 93.1 cm³/mol. The molecule has 0 bridgehead atoms. The van der Waals surface area contributed by atoms with Crippen LogP contribution in [0.3, 0.4) is 0 Å². The number of benzene rings is 1. The highest BCUT2D eigenvalue weighted by Gasteiger charge is 2.32. The van der Waals surface area contributed by atoms with Crippen molar-refractivity contribution in [3.63, 3.8) is 0 Å². The van der Waals surface area contributed by atoms with Gasteiger partial charge in [-0.25, -0.2) is 8.42 Å². The zero-order valence-electron chi connectivity index (χ0n) is 14.0. The normalized spacial score (nSPS) is 23.9. The van der Waals surface area contributed by atoms with Crippen molar-refractivity contribution in [2.75, 3.05) is 18.4 Å². The first-order valence-corrected chi connectivity index (χ1v) is 10.0. The number of rotatable bonds is 3. The van der Waals surface area contributed by atoms with E-state index in [1.54, 1.807) is 22.5 Å². The fourth-order valence-corrected chi connectivity index (χ4v) is 5.07. The first-order chi connectivity index (χ1) is 11.4. The van der Waals surface area contributed by atoms with Crippen molar-refractivity contribution in [2.45, 2.75) is 50.0 Å². The third-order valence-electron chi connectivity index (χ3n) is 5.00. The van der Waals surface area contributed by atoms with Crippen LogP contribution in [0.1, 0.15) is 38.2 Å². The summed E-state index contributed by atoms with van der Waals surface area (Å²) < 4.78 is 27.5. The van der Waals surface area contributed by atoms with E-state index in [2.05, 4.69) is 5.32 Å². The lowest BCUT2D eigenvalue weighted by Crippen LogP contribution is -2.44. The Morgan fingerprint density at radius 3 is 2.83 bits per heavy atom. The minimum Gasteiger partial charge on any atom is -0.328 e. The summed E-state index contributed by atoms with van der Waals surface area (Å²) in [6.45, 7) is 2.96. The van der Waals surface area contributed by atoms with Gasteiger partial charge in [-0.1, -0.05) is 0 Å². The molecule has 0 radical (unpaired) electrons. The van der Waals surface area contributed by atoms with Crippen molar-refractivity contribution >= 4 is 21.6 Å². The third-order valence-corrected chi connectivity index (χ3v) is 6.86. The highest BCUT2D eigenvalue weighted by Crippen LogP contribution is 2.29. The zero-order valence-corrected chi connectivity index (χ0v) is 14.8. The molecule has 1 saturated heterocycles. The standard InChI is InChI=1S/C17H25N3O3S/c1-12(18)14-5-3-9-20(11-14)24(22,23)15-7-8-16-13(10-15)4-2-6-17(21)19-16/h7-8,10,12,14H,2-6,9,11,18H2,1H3,(H,19,21). The van der Waals surface area contributed by atoms with Gasteiger partial charge >= 0.3 is 0 Å². The van der Waals surface area contributed by atoms with Gasteiger partial charge in [-0.15, -0.1) is 0 Å². The van der Waals surface area contributed by atoms with E-state index >= 15 is 0 Å². The average Bonchev–Trinajstić information content (AvgIpc) is 2.74. The summed E-state index contributed by atoms with van der Waals surface area (Å²) in [5, 5.41) is 2.84. The molecule has 1 amide bonds. The number of amides is 1. The minimum absolute atomic E-state index is 0.00902. The van der Waals surface area contributed by atoms with Crippen molar-refractivity contribution < 1.29 is 13.2 Å². The van der Waals surface area contributed by atoms with Gasteiger partial charge in [0.1, 0.15) is 0 Å². The van der Waals surface area contributed by atoms with Crippen molar-refractivity contribution in [1.82, 2.24) is 4.31 Å². The van der Waals surface area contributed by atoms with Gasteiger partial charge in [-0.2, -0.15) is 4.31 Å². The second-order valence-corrected chi connectivity index (χ2v) is 8.78. The zero-order chi connectivity index (χ0) is 17.3. The Kier molecular flexibility index (Phi) is 4.94. The number of fused-ring (bicyclic) bond motifs is 1. The number of hydrogen-bond donors (Lipinski definition) is 2. The number of hydrogen-bond acceptors (Lipinski definition) is 4. The van der Waals surface area contributed by atoms with Crippen LogP contribution in [-0.2, 0) is 21.2 Å². The summed E-state index contributed by atoms with van der Waals surface area (Å²) in [5.74, 6) is 0.189. The lowest BCUT2D eigenvalue weighted by Gasteiger charge is -2.33. The fraction of sp³-hybridized carbons (Fsp3) is 0.588. The van der Waals surface area contributed by atoms with E-state index in [0.717, 1.165) is 30.5 Å². The second kappa shape index (κ2) is 6.82. The average molecular weight is 351 g/mol. The third kappa shape index (κ3) is 3.48. The number of aryl methyl sites for hydroxylation is 1. The summed E-state index contributed by atoms with van der Waals surface area (Å²) in [5.41, 5.74) is 7.59. The minimum atomic E-state index is -3.52.